The van der Waals surface area contributed by atoms with Gasteiger partial charge in [-0.3, -0.25) is 0 Å². The molecule has 0 aromatic heterocycles. The third-order valence-electron chi connectivity index (χ3n) is 2.77. The molecule has 104 valence electrons. The Hall–Kier alpha value is -2.08. The Morgan fingerprint density at radius 1 is 1.10 bits per heavy atom. The molecule has 2 rings (SSSR count). The highest BCUT2D eigenvalue weighted by Crippen LogP contribution is 2.27. The molecule has 20 heavy (non-hydrogen) atoms. The van der Waals surface area contributed by atoms with Gasteiger partial charge in [0.1, 0.15) is 28.1 Å². The van der Waals surface area contributed by atoms with Gasteiger partial charge in [0.15, 0.2) is 0 Å². The van der Waals surface area contributed by atoms with Crippen LogP contribution in [0, 0.1) is 24.4 Å². The fourth-order valence-electron chi connectivity index (χ4n) is 1.74. The SMILES string of the molecule is Cc1cc(F)ccc1Nc1c(F)cc(C(N)=S)cc1F. The molecule has 0 aliphatic rings. The van der Waals surface area contributed by atoms with Gasteiger partial charge in [0.25, 0.3) is 0 Å². The van der Waals surface area contributed by atoms with Crippen LogP contribution in [0.3, 0.4) is 0 Å². The number of thiocarbonyl (C=S) groups is 1. The minimum atomic E-state index is -0.823. The quantitative estimate of drug-likeness (QED) is 0.846. The number of hydrogen-bond acceptors (Lipinski definition) is 2. The summed E-state index contributed by atoms with van der Waals surface area (Å²) in [5.74, 6) is -2.06. The Balaban J connectivity index is 2.41. The molecule has 0 spiro atoms. The monoisotopic (exact) mass is 296 g/mol. The van der Waals surface area contributed by atoms with Crippen molar-refractivity contribution in [2.24, 2.45) is 5.73 Å². The molecule has 0 fully saturated rings. The number of rotatable bonds is 3. The Morgan fingerprint density at radius 3 is 2.20 bits per heavy atom. The van der Waals surface area contributed by atoms with E-state index in [0.29, 0.717) is 11.3 Å². The Labute approximate surface area is 119 Å². The van der Waals surface area contributed by atoms with Crippen molar-refractivity contribution in [2.75, 3.05) is 5.32 Å². The second-order valence-corrected chi connectivity index (χ2v) is 4.70. The molecule has 0 heterocycles. The van der Waals surface area contributed by atoms with Gasteiger partial charge in [-0.05, 0) is 42.8 Å². The van der Waals surface area contributed by atoms with Crippen LogP contribution in [0.15, 0.2) is 30.3 Å². The van der Waals surface area contributed by atoms with Crippen LogP contribution in [0.1, 0.15) is 11.1 Å². The van der Waals surface area contributed by atoms with E-state index in [1.807, 2.05) is 0 Å². The highest BCUT2D eigenvalue weighted by atomic mass is 32.1. The van der Waals surface area contributed by atoms with Gasteiger partial charge in [-0.15, -0.1) is 0 Å². The molecule has 0 aliphatic carbocycles. The van der Waals surface area contributed by atoms with Gasteiger partial charge in [0.05, 0.1) is 0 Å². The lowest BCUT2D eigenvalue weighted by atomic mass is 10.1. The van der Waals surface area contributed by atoms with Crippen LogP contribution in [0.2, 0.25) is 0 Å². The van der Waals surface area contributed by atoms with E-state index in [0.717, 1.165) is 12.1 Å². The van der Waals surface area contributed by atoms with E-state index in [2.05, 4.69) is 17.5 Å². The predicted octanol–water partition coefficient (Wildman–Crippen LogP) is 3.79. The molecule has 6 heteroatoms. The predicted molar refractivity (Wildman–Crippen MR) is 76.7 cm³/mol. The molecule has 0 bridgehead atoms. The molecule has 0 saturated heterocycles. The van der Waals surface area contributed by atoms with E-state index < -0.39 is 17.5 Å². The Kier molecular flexibility index (Phi) is 3.94. The lowest BCUT2D eigenvalue weighted by Crippen LogP contribution is -2.11. The van der Waals surface area contributed by atoms with Crippen molar-refractivity contribution in [1.82, 2.24) is 0 Å². The molecule has 0 amide bonds. The van der Waals surface area contributed by atoms with Crippen LogP contribution in [0.4, 0.5) is 24.5 Å². The number of anilines is 2. The summed E-state index contributed by atoms with van der Waals surface area (Å²) in [5, 5.41) is 2.60. The zero-order valence-electron chi connectivity index (χ0n) is 10.5. The highest BCUT2D eigenvalue weighted by molar-refractivity contribution is 7.80. The number of nitrogens with one attached hydrogen (secondary N) is 1. The number of benzene rings is 2. The van der Waals surface area contributed by atoms with Crippen molar-refractivity contribution in [1.29, 1.82) is 0 Å². The summed E-state index contributed by atoms with van der Waals surface area (Å²) < 4.78 is 40.7. The smallest absolute Gasteiger partial charge is 0.150 e. The molecule has 0 atom stereocenters. The highest BCUT2D eigenvalue weighted by Gasteiger charge is 2.13. The molecule has 2 nitrogen and oxygen atoms in total. The summed E-state index contributed by atoms with van der Waals surface area (Å²) >= 11 is 4.67. The van der Waals surface area contributed by atoms with Gasteiger partial charge in [-0.2, -0.15) is 0 Å². The van der Waals surface area contributed by atoms with Crippen molar-refractivity contribution in [3.05, 3.63) is 58.9 Å². The van der Waals surface area contributed by atoms with Crippen LogP contribution in [0.5, 0.6) is 0 Å². The standard InChI is InChI=1S/C14H11F3N2S/c1-7-4-9(15)2-3-12(7)19-13-10(16)5-8(14(18)20)6-11(13)17/h2-6,19H,1H3,(H2,18,20). The molecule has 2 aromatic carbocycles. The summed E-state index contributed by atoms with van der Waals surface area (Å²) in [6, 6.07) is 5.97. The summed E-state index contributed by atoms with van der Waals surface area (Å²) in [7, 11) is 0. The molecule has 2 aromatic rings. The summed E-state index contributed by atoms with van der Waals surface area (Å²) in [4.78, 5) is -0.0905. The largest absolute Gasteiger partial charge is 0.389 e. The average molecular weight is 296 g/mol. The summed E-state index contributed by atoms with van der Waals surface area (Å²) in [6.45, 7) is 1.63. The normalized spacial score (nSPS) is 10.4. The lowest BCUT2D eigenvalue weighted by molar-refractivity contribution is 0.590. The van der Waals surface area contributed by atoms with Crippen LogP contribution >= 0.6 is 12.2 Å². The van der Waals surface area contributed by atoms with E-state index >= 15 is 0 Å². The van der Waals surface area contributed by atoms with Crippen LogP contribution in [0.25, 0.3) is 0 Å². The van der Waals surface area contributed by atoms with E-state index in [1.54, 1.807) is 6.92 Å². The van der Waals surface area contributed by atoms with Crippen molar-refractivity contribution in [3.63, 3.8) is 0 Å². The van der Waals surface area contributed by atoms with Gasteiger partial charge >= 0.3 is 0 Å². The fourth-order valence-corrected chi connectivity index (χ4v) is 1.85. The topological polar surface area (TPSA) is 38.0 Å². The van der Waals surface area contributed by atoms with Crippen molar-refractivity contribution in [3.8, 4) is 0 Å². The third-order valence-corrected chi connectivity index (χ3v) is 3.01. The third kappa shape index (κ3) is 2.91. The maximum Gasteiger partial charge on any atom is 0.150 e. The summed E-state index contributed by atoms with van der Waals surface area (Å²) in [6.07, 6.45) is 0. The first-order valence-electron chi connectivity index (χ1n) is 5.70. The van der Waals surface area contributed by atoms with E-state index in [1.165, 1.54) is 18.2 Å². The summed E-state index contributed by atoms with van der Waals surface area (Å²) in [5.41, 5.74) is 6.04. The number of hydrogen-bond donors (Lipinski definition) is 2. The molecule has 0 saturated carbocycles. The Bertz CT molecular complexity index is 663. The molecule has 0 radical (unpaired) electrons. The van der Waals surface area contributed by atoms with Crippen LogP contribution < -0.4 is 11.1 Å². The lowest BCUT2D eigenvalue weighted by Gasteiger charge is -2.12. The minimum absolute atomic E-state index is 0.0905. The van der Waals surface area contributed by atoms with Gasteiger partial charge in [0.2, 0.25) is 0 Å². The minimum Gasteiger partial charge on any atom is -0.389 e. The maximum atomic E-state index is 13.9. The first-order valence-corrected chi connectivity index (χ1v) is 6.11. The maximum absolute atomic E-state index is 13.9. The van der Waals surface area contributed by atoms with E-state index in [-0.39, 0.29) is 16.2 Å². The Morgan fingerprint density at radius 2 is 1.70 bits per heavy atom. The molecular formula is C14H11F3N2S. The molecule has 3 N–H and O–H groups in total. The van der Waals surface area contributed by atoms with Crippen LogP contribution in [-0.2, 0) is 0 Å². The van der Waals surface area contributed by atoms with Gasteiger partial charge in [-0.25, -0.2) is 13.2 Å². The zero-order chi connectivity index (χ0) is 14.9. The van der Waals surface area contributed by atoms with Gasteiger partial charge in [0, 0.05) is 11.3 Å². The van der Waals surface area contributed by atoms with E-state index in [4.69, 9.17) is 5.73 Å². The van der Waals surface area contributed by atoms with Crippen molar-refractivity contribution in [2.45, 2.75) is 6.92 Å². The van der Waals surface area contributed by atoms with Crippen molar-refractivity contribution >= 4 is 28.6 Å². The number of aryl methyl sites for hydroxylation is 1. The first-order chi connectivity index (χ1) is 9.38. The molecule has 0 aliphatic heterocycles. The fraction of sp³-hybridized carbons (Fsp3) is 0.0714. The molecule has 0 unspecified atom stereocenters. The van der Waals surface area contributed by atoms with Gasteiger partial charge in [-0.1, -0.05) is 12.2 Å². The van der Waals surface area contributed by atoms with Gasteiger partial charge < -0.3 is 11.1 Å². The second kappa shape index (κ2) is 5.50. The zero-order valence-corrected chi connectivity index (χ0v) is 11.3. The van der Waals surface area contributed by atoms with Crippen molar-refractivity contribution < 1.29 is 13.2 Å². The number of nitrogens with two attached hydrogens (primary N) is 1. The van der Waals surface area contributed by atoms with E-state index in [9.17, 15) is 13.2 Å². The molecular weight excluding hydrogens is 285 g/mol. The number of halogens is 3. The average Bonchev–Trinajstić information content (AvgIpc) is 2.35. The van der Waals surface area contributed by atoms with Crippen LogP contribution in [-0.4, -0.2) is 4.99 Å². The second-order valence-electron chi connectivity index (χ2n) is 4.26. The first kappa shape index (κ1) is 14.3.